The summed E-state index contributed by atoms with van der Waals surface area (Å²) in [5, 5.41) is 9.13. The molecule has 0 unspecified atom stereocenters. The fourth-order valence-corrected chi connectivity index (χ4v) is 1.87. The van der Waals surface area contributed by atoms with Gasteiger partial charge in [-0.25, -0.2) is 0 Å². The first-order valence-electron chi connectivity index (χ1n) is 5.00. The quantitative estimate of drug-likeness (QED) is 0.732. The third-order valence-electron chi connectivity index (χ3n) is 2.65. The Morgan fingerprint density at radius 3 is 2.64 bits per heavy atom. The van der Waals surface area contributed by atoms with E-state index in [4.69, 9.17) is 10.8 Å². The molecule has 1 aromatic carbocycles. The Morgan fingerprint density at radius 2 is 2.07 bits per heavy atom. The summed E-state index contributed by atoms with van der Waals surface area (Å²) in [6.45, 7) is 3.01. The van der Waals surface area contributed by atoms with Gasteiger partial charge in [0.15, 0.2) is 0 Å². The fraction of sp³-hybridized carbons (Fsp3) is 0.455. The summed E-state index contributed by atoms with van der Waals surface area (Å²) in [6, 6.07) is 7.71. The molecule has 1 aliphatic heterocycles. The van der Waals surface area contributed by atoms with Gasteiger partial charge in [0.1, 0.15) is 5.75 Å². The summed E-state index contributed by atoms with van der Waals surface area (Å²) in [7, 11) is 0. The van der Waals surface area contributed by atoms with Crippen LogP contribution in [0.15, 0.2) is 24.3 Å². The van der Waals surface area contributed by atoms with Gasteiger partial charge in [-0.15, -0.1) is 0 Å². The first-order chi connectivity index (χ1) is 6.74. The van der Waals surface area contributed by atoms with Crippen LogP contribution in [0.3, 0.4) is 0 Å². The zero-order valence-electron chi connectivity index (χ0n) is 8.19. The van der Waals surface area contributed by atoms with Gasteiger partial charge in [-0.3, -0.25) is 4.90 Å². The van der Waals surface area contributed by atoms with Crippen molar-refractivity contribution in [2.75, 3.05) is 13.1 Å². The van der Waals surface area contributed by atoms with Gasteiger partial charge in [0.25, 0.3) is 0 Å². The first-order valence-corrected chi connectivity index (χ1v) is 5.00. The molecule has 2 rings (SSSR count). The summed E-state index contributed by atoms with van der Waals surface area (Å²) in [5.41, 5.74) is 7.05. The van der Waals surface area contributed by atoms with E-state index in [2.05, 4.69) is 4.90 Å². The number of aromatic hydroxyl groups is 1. The summed E-state index contributed by atoms with van der Waals surface area (Å²) in [4.78, 5) is 2.34. The average molecular weight is 192 g/mol. The highest BCUT2D eigenvalue weighted by Gasteiger charge is 2.18. The third-order valence-corrected chi connectivity index (χ3v) is 2.65. The highest BCUT2D eigenvalue weighted by Crippen LogP contribution is 2.14. The molecular formula is C11H16N2O. The number of hydrogen-bond donors (Lipinski definition) is 2. The fourth-order valence-electron chi connectivity index (χ4n) is 1.87. The zero-order valence-corrected chi connectivity index (χ0v) is 8.19. The van der Waals surface area contributed by atoms with E-state index in [0.29, 0.717) is 11.8 Å². The molecule has 1 heterocycles. The number of phenols is 1. The second-order valence-corrected chi connectivity index (χ2v) is 3.95. The average Bonchev–Trinajstić information content (AvgIpc) is 2.56. The van der Waals surface area contributed by atoms with Gasteiger partial charge in [-0.05, 0) is 24.1 Å². The van der Waals surface area contributed by atoms with Gasteiger partial charge in [-0.2, -0.15) is 0 Å². The molecule has 0 bridgehead atoms. The SMILES string of the molecule is N[C@H]1CCN(Cc2ccc(O)cc2)C1. The lowest BCUT2D eigenvalue weighted by atomic mass is 10.2. The van der Waals surface area contributed by atoms with Gasteiger partial charge < -0.3 is 10.8 Å². The summed E-state index contributed by atoms with van der Waals surface area (Å²) < 4.78 is 0. The molecule has 1 saturated heterocycles. The molecule has 1 fully saturated rings. The van der Waals surface area contributed by atoms with Crippen molar-refractivity contribution in [1.29, 1.82) is 0 Å². The van der Waals surface area contributed by atoms with Crippen LogP contribution in [0.1, 0.15) is 12.0 Å². The maximum absolute atomic E-state index is 9.13. The van der Waals surface area contributed by atoms with Crippen LogP contribution >= 0.6 is 0 Å². The van der Waals surface area contributed by atoms with Crippen molar-refractivity contribution in [3.63, 3.8) is 0 Å². The van der Waals surface area contributed by atoms with Crippen molar-refractivity contribution in [1.82, 2.24) is 4.90 Å². The summed E-state index contributed by atoms with van der Waals surface area (Å²) in [5.74, 6) is 0.326. The van der Waals surface area contributed by atoms with E-state index in [-0.39, 0.29) is 0 Å². The predicted octanol–water partition coefficient (Wildman–Crippen LogP) is 0.925. The molecule has 3 nitrogen and oxygen atoms in total. The number of hydrogen-bond acceptors (Lipinski definition) is 3. The summed E-state index contributed by atoms with van der Waals surface area (Å²) in [6.07, 6.45) is 1.10. The van der Waals surface area contributed by atoms with Crippen LogP contribution in [-0.2, 0) is 6.54 Å². The normalized spacial score (nSPS) is 22.8. The highest BCUT2D eigenvalue weighted by molar-refractivity contribution is 5.25. The summed E-state index contributed by atoms with van der Waals surface area (Å²) >= 11 is 0. The van der Waals surface area contributed by atoms with Gasteiger partial charge in [-0.1, -0.05) is 12.1 Å². The largest absolute Gasteiger partial charge is 0.508 e. The number of nitrogens with zero attached hydrogens (tertiary/aromatic N) is 1. The van der Waals surface area contributed by atoms with Crippen LogP contribution in [0.4, 0.5) is 0 Å². The molecule has 3 heteroatoms. The molecule has 0 aliphatic carbocycles. The minimum absolute atomic E-state index is 0.326. The lowest BCUT2D eigenvalue weighted by Crippen LogP contribution is -2.26. The maximum Gasteiger partial charge on any atom is 0.115 e. The van der Waals surface area contributed by atoms with Crippen molar-refractivity contribution in [2.45, 2.75) is 19.0 Å². The number of benzene rings is 1. The zero-order chi connectivity index (χ0) is 9.97. The van der Waals surface area contributed by atoms with Gasteiger partial charge in [0.2, 0.25) is 0 Å². The monoisotopic (exact) mass is 192 g/mol. The molecule has 0 aromatic heterocycles. The number of nitrogens with two attached hydrogens (primary N) is 1. The van der Waals surface area contributed by atoms with Crippen LogP contribution < -0.4 is 5.73 Å². The second kappa shape index (κ2) is 3.98. The Morgan fingerprint density at radius 1 is 1.36 bits per heavy atom. The van der Waals surface area contributed by atoms with E-state index in [0.717, 1.165) is 26.1 Å². The van der Waals surface area contributed by atoms with E-state index in [1.54, 1.807) is 12.1 Å². The lowest BCUT2D eigenvalue weighted by Gasteiger charge is -2.14. The molecular weight excluding hydrogens is 176 g/mol. The van der Waals surface area contributed by atoms with E-state index in [1.807, 2.05) is 12.1 Å². The number of phenolic OH excluding ortho intramolecular Hbond substituents is 1. The van der Waals surface area contributed by atoms with E-state index in [9.17, 15) is 0 Å². The minimum Gasteiger partial charge on any atom is -0.508 e. The van der Waals surface area contributed by atoms with Crippen LogP contribution in [0, 0.1) is 0 Å². The van der Waals surface area contributed by atoms with Crippen molar-refractivity contribution in [2.24, 2.45) is 5.73 Å². The minimum atomic E-state index is 0.326. The Labute approximate surface area is 84.1 Å². The topological polar surface area (TPSA) is 49.5 Å². The highest BCUT2D eigenvalue weighted by atomic mass is 16.3. The Balaban J connectivity index is 1.94. The van der Waals surface area contributed by atoms with Crippen LogP contribution in [0.25, 0.3) is 0 Å². The molecule has 0 saturated carbocycles. The molecule has 0 amide bonds. The molecule has 14 heavy (non-hydrogen) atoms. The molecule has 1 aliphatic rings. The number of rotatable bonds is 2. The lowest BCUT2D eigenvalue weighted by molar-refractivity contribution is 0.326. The van der Waals surface area contributed by atoms with Gasteiger partial charge in [0.05, 0.1) is 0 Å². The van der Waals surface area contributed by atoms with E-state index in [1.165, 1.54) is 5.56 Å². The smallest absolute Gasteiger partial charge is 0.115 e. The van der Waals surface area contributed by atoms with Gasteiger partial charge in [0, 0.05) is 25.7 Å². The van der Waals surface area contributed by atoms with E-state index >= 15 is 0 Å². The molecule has 76 valence electrons. The van der Waals surface area contributed by atoms with Crippen LogP contribution in [-0.4, -0.2) is 29.1 Å². The molecule has 0 spiro atoms. The Kier molecular flexibility index (Phi) is 2.70. The Hall–Kier alpha value is -1.06. The first kappa shape index (κ1) is 9.49. The molecule has 1 aromatic rings. The Bertz CT molecular complexity index is 297. The number of likely N-dealkylation sites (tertiary alicyclic amines) is 1. The molecule has 0 radical (unpaired) electrons. The third kappa shape index (κ3) is 2.25. The van der Waals surface area contributed by atoms with Crippen molar-refractivity contribution < 1.29 is 5.11 Å². The molecule has 1 atom stereocenters. The second-order valence-electron chi connectivity index (χ2n) is 3.95. The van der Waals surface area contributed by atoms with Crippen molar-refractivity contribution >= 4 is 0 Å². The van der Waals surface area contributed by atoms with Crippen molar-refractivity contribution in [3.05, 3.63) is 29.8 Å². The van der Waals surface area contributed by atoms with Gasteiger partial charge >= 0.3 is 0 Å². The molecule has 3 N–H and O–H groups in total. The van der Waals surface area contributed by atoms with Crippen molar-refractivity contribution in [3.8, 4) is 5.75 Å². The van der Waals surface area contributed by atoms with Crippen LogP contribution in [0.5, 0.6) is 5.75 Å². The van der Waals surface area contributed by atoms with Crippen LogP contribution in [0.2, 0.25) is 0 Å². The standard InChI is InChI=1S/C11H16N2O/c12-10-5-6-13(8-10)7-9-1-3-11(14)4-2-9/h1-4,10,14H,5-8,12H2/t10-/m0/s1. The maximum atomic E-state index is 9.13. The predicted molar refractivity (Wildman–Crippen MR) is 56.0 cm³/mol. The van der Waals surface area contributed by atoms with E-state index < -0.39 is 0 Å².